The van der Waals surface area contributed by atoms with Crippen molar-refractivity contribution in [2.24, 2.45) is 11.8 Å². The van der Waals surface area contributed by atoms with Crippen molar-refractivity contribution in [1.82, 2.24) is 24.7 Å². The molecule has 0 spiro atoms. The molecule has 0 aliphatic carbocycles. The van der Waals surface area contributed by atoms with E-state index >= 15 is 0 Å². The molecule has 0 fully saturated rings. The largest absolute Gasteiger partial charge is 0.394 e. The van der Waals surface area contributed by atoms with Crippen molar-refractivity contribution in [3.05, 3.63) is 18.5 Å². The monoisotopic (exact) mass is 278 g/mol. The van der Waals surface area contributed by atoms with Crippen molar-refractivity contribution in [2.75, 3.05) is 17.3 Å². The van der Waals surface area contributed by atoms with Gasteiger partial charge in [-0.25, -0.2) is 10.5 Å². The Morgan fingerprint density at radius 2 is 2.05 bits per heavy atom. The summed E-state index contributed by atoms with van der Waals surface area (Å²) < 4.78 is 1.50. The zero-order chi connectivity index (χ0) is 14.5. The Labute approximate surface area is 116 Å². The van der Waals surface area contributed by atoms with Crippen LogP contribution in [0.5, 0.6) is 0 Å². The highest BCUT2D eigenvalue weighted by atomic mass is 16.3. The zero-order valence-electron chi connectivity index (χ0n) is 11.4. The summed E-state index contributed by atoms with van der Waals surface area (Å²) in [6, 6.07) is 1.60. The van der Waals surface area contributed by atoms with Gasteiger partial charge in [0.15, 0.2) is 0 Å². The third kappa shape index (κ3) is 3.19. The van der Waals surface area contributed by atoms with E-state index in [1.54, 1.807) is 18.5 Å². The molecule has 108 valence electrons. The molecule has 1 atom stereocenters. The fraction of sp³-hybridized carbons (Fsp3) is 0.455. The summed E-state index contributed by atoms with van der Waals surface area (Å²) in [4.78, 5) is 12.5. The number of nitrogen functional groups attached to an aromatic ring is 1. The van der Waals surface area contributed by atoms with Crippen molar-refractivity contribution in [2.45, 2.75) is 19.9 Å². The van der Waals surface area contributed by atoms with Crippen LogP contribution in [-0.4, -0.2) is 42.5 Å². The molecule has 0 amide bonds. The van der Waals surface area contributed by atoms with Crippen LogP contribution in [0.1, 0.15) is 13.8 Å². The second-order valence-corrected chi connectivity index (χ2v) is 4.56. The summed E-state index contributed by atoms with van der Waals surface area (Å²) in [6.45, 7) is 3.96. The minimum absolute atomic E-state index is 0.0220. The van der Waals surface area contributed by atoms with E-state index in [1.807, 2.05) is 13.8 Å². The van der Waals surface area contributed by atoms with Gasteiger partial charge in [0.25, 0.3) is 5.95 Å². The third-order valence-electron chi connectivity index (χ3n) is 2.78. The SMILES string of the molecule is CC(C)[C@@H](CO)Nc1nc(NN)nc(-n2cccn2)n1. The molecule has 9 heteroatoms. The number of nitrogens with zero attached hydrogens (tertiary/aromatic N) is 5. The van der Waals surface area contributed by atoms with Crippen molar-refractivity contribution in [3.8, 4) is 5.95 Å². The van der Waals surface area contributed by atoms with Crippen LogP contribution in [0.3, 0.4) is 0 Å². The lowest BCUT2D eigenvalue weighted by molar-refractivity contribution is 0.248. The summed E-state index contributed by atoms with van der Waals surface area (Å²) in [5.74, 6) is 6.45. The molecule has 0 radical (unpaired) electrons. The lowest BCUT2D eigenvalue weighted by atomic mass is 10.1. The van der Waals surface area contributed by atoms with E-state index < -0.39 is 0 Å². The van der Waals surface area contributed by atoms with Gasteiger partial charge in [-0.2, -0.15) is 20.1 Å². The Hall–Kier alpha value is -2.26. The molecule has 0 unspecified atom stereocenters. The summed E-state index contributed by atoms with van der Waals surface area (Å²) in [5.41, 5.74) is 2.38. The Morgan fingerprint density at radius 3 is 2.60 bits per heavy atom. The first-order chi connectivity index (χ1) is 9.63. The molecule has 0 aliphatic rings. The lowest BCUT2D eigenvalue weighted by Gasteiger charge is -2.20. The minimum Gasteiger partial charge on any atom is -0.394 e. The van der Waals surface area contributed by atoms with Crippen LogP contribution >= 0.6 is 0 Å². The molecule has 2 rings (SSSR count). The van der Waals surface area contributed by atoms with Crippen LogP contribution in [0.25, 0.3) is 5.95 Å². The lowest BCUT2D eigenvalue weighted by Crippen LogP contribution is -2.31. The summed E-state index contributed by atoms with van der Waals surface area (Å²) >= 11 is 0. The smallest absolute Gasteiger partial charge is 0.257 e. The van der Waals surface area contributed by atoms with Crippen LogP contribution in [0, 0.1) is 5.92 Å². The molecular formula is C11H18N8O. The first-order valence-electron chi connectivity index (χ1n) is 6.24. The molecule has 20 heavy (non-hydrogen) atoms. The maximum absolute atomic E-state index is 9.35. The first kappa shape index (κ1) is 14.2. The van der Waals surface area contributed by atoms with Gasteiger partial charge in [-0.3, -0.25) is 5.43 Å². The van der Waals surface area contributed by atoms with Crippen molar-refractivity contribution < 1.29 is 5.11 Å². The number of aliphatic hydroxyl groups is 1. The summed E-state index contributed by atoms with van der Waals surface area (Å²) in [5, 5.41) is 16.5. The normalized spacial score (nSPS) is 12.4. The van der Waals surface area contributed by atoms with E-state index in [0.29, 0.717) is 11.9 Å². The predicted molar refractivity (Wildman–Crippen MR) is 74.1 cm³/mol. The van der Waals surface area contributed by atoms with Crippen LogP contribution < -0.4 is 16.6 Å². The quantitative estimate of drug-likeness (QED) is 0.421. The Balaban J connectivity index is 2.31. The van der Waals surface area contributed by atoms with E-state index in [4.69, 9.17) is 5.84 Å². The molecular weight excluding hydrogens is 260 g/mol. The van der Waals surface area contributed by atoms with E-state index in [1.165, 1.54) is 4.68 Å². The highest BCUT2D eigenvalue weighted by Crippen LogP contribution is 2.11. The topological polar surface area (TPSA) is 127 Å². The molecule has 0 aromatic carbocycles. The van der Waals surface area contributed by atoms with Crippen LogP contribution in [-0.2, 0) is 0 Å². The second kappa shape index (κ2) is 6.26. The average molecular weight is 278 g/mol. The van der Waals surface area contributed by atoms with Crippen molar-refractivity contribution in [1.29, 1.82) is 0 Å². The second-order valence-electron chi connectivity index (χ2n) is 4.56. The van der Waals surface area contributed by atoms with Gasteiger partial charge in [0.1, 0.15) is 0 Å². The molecule has 5 N–H and O–H groups in total. The van der Waals surface area contributed by atoms with Gasteiger partial charge in [-0.15, -0.1) is 0 Å². The molecule has 2 aromatic rings. The van der Waals surface area contributed by atoms with Crippen molar-refractivity contribution >= 4 is 11.9 Å². The number of nitrogens with two attached hydrogens (primary N) is 1. The fourth-order valence-electron chi connectivity index (χ4n) is 1.57. The summed E-state index contributed by atoms with van der Waals surface area (Å²) in [6.07, 6.45) is 3.34. The van der Waals surface area contributed by atoms with E-state index in [9.17, 15) is 5.11 Å². The van der Waals surface area contributed by atoms with Gasteiger partial charge in [-0.1, -0.05) is 13.8 Å². The molecule has 2 heterocycles. The Morgan fingerprint density at radius 1 is 1.30 bits per heavy atom. The number of nitrogens with one attached hydrogen (secondary N) is 2. The number of hydrazine groups is 1. The van der Waals surface area contributed by atoms with E-state index in [2.05, 4.69) is 30.8 Å². The maximum Gasteiger partial charge on any atom is 0.257 e. The average Bonchev–Trinajstić information content (AvgIpc) is 2.98. The van der Waals surface area contributed by atoms with Gasteiger partial charge in [0, 0.05) is 12.4 Å². The Kier molecular flexibility index (Phi) is 4.43. The van der Waals surface area contributed by atoms with Crippen molar-refractivity contribution in [3.63, 3.8) is 0 Å². The third-order valence-corrected chi connectivity index (χ3v) is 2.78. The molecule has 2 aromatic heterocycles. The number of aliphatic hydroxyl groups excluding tert-OH is 1. The highest BCUT2D eigenvalue weighted by molar-refractivity contribution is 5.37. The number of anilines is 2. The molecule has 0 saturated heterocycles. The van der Waals surface area contributed by atoms with Crippen LogP contribution in [0.15, 0.2) is 18.5 Å². The van der Waals surface area contributed by atoms with Gasteiger partial charge >= 0.3 is 0 Å². The number of hydrogen-bond donors (Lipinski definition) is 4. The number of aromatic nitrogens is 5. The van der Waals surface area contributed by atoms with E-state index in [-0.39, 0.29) is 24.5 Å². The molecule has 0 saturated carbocycles. The number of rotatable bonds is 6. The van der Waals surface area contributed by atoms with Gasteiger partial charge in [0.05, 0.1) is 12.6 Å². The molecule has 0 aliphatic heterocycles. The predicted octanol–water partition coefficient (Wildman–Crippen LogP) is -0.228. The number of hydrogen-bond acceptors (Lipinski definition) is 8. The molecule has 9 nitrogen and oxygen atoms in total. The van der Waals surface area contributed by atoms with Gasteiger partial charge in [0.2, 0.25) is 11.9 Å². The highest BCUT2D eigenvalue weighted by Gasteiger charge is 2.15. The van der Waals surface area contributed by atoms with Gasteiger partial charge in [-0.05, 0) is 12.0 Å². The van der Waals surface area contributed by atoms with Gasteiger partial charge < -0.3 is 10.4 Å². The standard InChI is InChI=1S/C11H18N8O/c1-7(2)8(6-20)14-9-15-10(18-12)17-11(16-9)19-5-3-4-13-19/h3-5,7-8,20H,6,12H2,1-2H3,(H2,14,15,16,17,18)/t8-/m1/s1. The Bertz CT molecular complexity index is 541. The minimum atomic E-state index is -0.159. The maximum atomic E-state index is 9.35. The fourth-order valence-corrected chi connectivity index (χ4v) is 1.57. The zero-order valence-corrected chi connectivity index (χ0v) is 11.4. The molecule has 0 bridgehead atoms. The summed E-state index contributed by atoms with van der Waals surface area (Å²) in [7, 11) is 0. The van der Waals surface area contributed by atoms with Crippen LogP contribution in [0.4, 0.5) is 11.9 Å². The van der Waals surface area contributed by atoms with Crippen LogP contribution in [0.2, 0.25) is 0 Å². The first-order valence-corrected chi connectivity index (χ1v) is 6.24. The van der Waals surface area contributed by atoms with E-state index in [0.717, 1.165) is 0 Å².